The molecule has 1 aromatic heterocycles. The van der Waals surface area contributed by atoms with Gasteiger partial charge in [0.1, 0.15) is 11.7 Å². The summed E-state index contributed by atoms with van der Waals surface area (Å²) in [6.45, 7) is 1.49. The molecule has 35 heavy (non-hydrogen) atoms. The molecule has 4 amide bonds. The number of fused-ring (bicyclic) bond motifs is 2. The van der Waals surface area contributed by atoms with Crippen molar-refractivity contribution in [2.75, 3.05) is 11.4 Å². The second-order valence-corrected chi connectivity index (χ2v) is 8.96. The number of hydrogen-bond acceptors (Lipinski definition) is 7. The highest BCUT2D eigenvalue weighted by atomic mass is 16.2. The fourth-order valence-electron chi connectivity index (χ4n) is 5.15. The van der Waals surface area contributed by atoms with E-state index in [0.717, 1.165) is 30.0 Å². The van der Waals surface area contributed by atoms with Gasteiger partial charge in [0, 0.05) is 18.7 Å². The van der Waals surface area contributed by atoms with Gasteiger partial charge in [-0.2, -0.15) is 0 Å². The van der Waals surface area contributed by atoms with Crippen LogP contribution in [0.1, 0.15) is 51.2 Å². The molecule has 10 heteroatoms. The molecule has 1 atom stereocenters. The topological polar surface area (TPSA) is 118 Å². The molecule has 3 aliphatic rings. The van der Waals surface area contributed by atoms with Crippen LogP contribution in [0, 0.1) is 0 Å². The third-order valence-corrected chi connectivity index (χ3v) is 6.79. The van der Waals surface area contributed by atoms with E-state index < -0.39 is 29.7 Å². The maximum Gasteiger partial charge on any atom is 0.264 e. The van der Waals surface area contributed by atoms with Crippen molar-refractivity contribution in [1.82, 2.24) is 25.2 Å². The molecule has 1 N–H and O–H groups in total. The lowest BCUT2D eigenvalue weighted by Crippen LogP contribution is -2.54. The molecule has 1 saturated heterocycles. The molecule has 1 fully saturated rings. The van der Waals surface area contributed by atoms with Gasteiger partial charge in [0.2, 0.25) is 11.8 Å². The molecule has 2 aromatic carbocycles. The van der Waals surface area contributed by atoms with Gasteiger partial charge in [0.15, 0.2) is 0 Å². The maximum absolute atomic E-state index is 13.4. The zero-order valence-corrected chi connectivity index (χ0v) is 18.8. The number of benzene rings is 2. The quantitative estimate of drug-likeness (QED) is 0.576. The Bertz CT molecular complexity index is 1400. The van der Waals surface area contributed by atoms with E-state index in [1.807, 2.05) is 12.1 Å². The zero-order valence-electron chi connectivity index (χ0n) is 18.8. The fraction of sp³-hybridized carbons (Fsp3) is 0.280. The second-order valence-electron chi connectivity index (χ2n) is 8.96. The van der Waals surface area contributed by atoms with Crippen molar-refractivity contribution >= 4 is 29.3 Å². The van der Waals surface area contributed by atoms with E-state index in [4.69, 9.17) is 0 Å². The third-order valence-electron chi connectivity index (χ3n) is 6.79. The molecule has 6 rings (SSSR count). The number of carbonyl (C=O) groups is 4. The highest BCUT2D eigenvalue weighted by molar-refractivity contribution is 6.24. The van der Waals surface area contributed by atoms with Crippen LogP contribution >= 0.6 is 0 Å². The fourth-order valence-corrected chi connectivity index (χ4v) is 5.15. The summed E-state index contributed by atoms with van der Waals surface area (Å²) in [5.74, 6) is -2.17. The van der Waals surface area contributed by atoms with Crippen LogP contribution in [-0.4, -0.2) is 56.1 Å². The average Bonchev–Trinajstić information content (AvgIpc) is 3.42. The minimum Gasteiger partial charge on any atom is -0.365 e. The van der Waals surface area contributed by atoms with Gasteiger partial charge in [-0.3, -0.25) is 29.4 Å². The van der Waals surface area contributed by atoms with Crippen LogP contribution in [0.5, 0.6) is 0 Å². The number of hydrogen-bond donors (Lipinski definition) is 1. The summed E-state index contributed by atoms with van der Waals surface area (Å²) in [4.78, 5) is 53.6. The van der Waals surface area contributed by atoms with Crippen LogP contribution in [0.4, 0.5) is 5.69 Å². The number of para-hydroxylation sites is 1. The standard InChI is InChI=1S/C25H22N6O4/c32-21-11-10-20(23(33)26-21)31-24(34)17-7-3-9-19(22(17)25(31)35)30-14-16(27-28-30)13-29-12-4-6-15-5-1-2-8-18(15)29/h1-3,5,7-9,14,20H,4,6,10-13H2,(H,26,32,33). The SMILES string of the molecule is O=C1CCC(N2C(=O)c3cccc(-n4cc(CN5CCCc6ccccc65)nn4)c3C2=O)C(=O)N1. The Balaban J connectivity index is 1.29. The van der Waals surface area contributed by atoms with Gasteiger partial charge in [-0.05, 0) is 43.0 Å². The van der Waals surface area contributed by atoms with E-state index in [2.05, 4.69) is 32.7 Å². The van der Waals surface area contributed by atoms with Crippen molar-refractivity contribution in [3.63, 3.8) is 0 Å². The average molecular weight is 470 g/mol. The van der Waals surface area contributed by atoms with E-state index in [1.54, 1.807) is 24.4 Å². The van der Waals surface area contributed by atoms with E-state index in [9.17, 15) is 19.2 Å². The van der Waals surface area contributed by atoms with Gasteiger partial charge in [0.25, 0.3) is 11.8 Å². The molecule has 0 saturated carbocycles. The van der Waals surface area contributed by atoms with Gasteiger partial charge in [-0.25, -0.2) is 4.68 Å². The summed E-state index contributed by atoms with van der Waals surface area (Å²) in [6.07, 6.45) is 4.05. The lowest BCUT2D eigenvalue weighted by molar-refractivity contribution is -0.136. The lowest BCUT2D eigenvalue weighted by Gasteiger charge is -2.30. The smallest absolute Gasteiger partial charge is 0.264 e. The minimum atomic E-state index is -1.02. The molecule has 176 valence electrons. The van der Waals surface area contributed by atoms with Crippen molar-refractivity contribution < 1.29 is 19.2 Å². The second kappa shape index (κ2) is 8.15. The number of imide groups is 2. The Morgan fingerprint density at radius 1 is 0.943 bits per heavy atom. The Morgan fingerprint density at radius 2 is 1.77 bits per heavy atom. The van der Waals surface area contributed by atoms with E-state index in [0.29, 0.717) is 12.2 Å². The van der Waals surface area contributed by atoms with Crippen LogP contribution in [-0.2, 0) is 22.6 Å². The van der Waals surface area contributed by atoms with E-state index in [1.165, 1.54) is 15.9 Å². The Labute approximate surface area is 200 Å². The summed E-state index contributed by atoms with van der Waals surface area (Å²) >= 11 is 0. The van der Waals surface area contributed by atoms with Crippen molar-refractivity contribution in [3.8, 4) is 5.69 Å². The van der Waals surface area contributed by atoms with Crippen LogP contribution in [0.15, 0.2) is 48.7 Å². The Morgan fingerprint density at radius 3 is 2.63 bits per heavy atom. The first-order chi connectivity index (χ1) is 17.0. The third kappa shape index (κ3) is 3.49. The Hall–Kier alpha value is -4.34. The van der Waals surface area contributed by atoms with Gasteiger partial charge < -0.3 is 4.90 Å². The van der Waals surface area contributed by atoms with Crippen LogP contribution in [0.25, 0.3) is 5.69 Å². The molecule has 1 unspecified atom stereocenters. The van der Waals surface area contributed by atoms with Gasteiger partial charge >= 0.3 is 0 Å². The molecule has 10 nitrogen and oxygen atoms in total. The lowest BCUT2D eigenvalue weighted by atomic mass is 10.0. The Kier molecular flexibility index (Phi) is 4.94. The molecule has 0 radical (unpaired) electrons. The van der Waals surface area contributed by atoms with Gasteiger partial charge in [-0.15, -0.1) is 5.10 Å². The summed E-state index contributed by atoms with van der Waals surface area (Å²) in [7, 11) is 0. The van der Waals surface area contributed by atoms with E-state index >= 15 is 0 Å². The summed E-state index contributed by atoms with van der Waals surface area (Å²) < 4.78 is 1.50. The number of nitrogens with one attached hydrogen (secondary N) is 1. The van der Waals surface area contributed by atoms with Gasteiger partial charge in [0.05, 0.1) is 29.6 Å². The monoisotopic (exact) mass is 470 g/mol. The first-order valence-corrected chi connectivity index (χ1v) is 11.6. The number of aromatic nitrogens is 3. The molecule has 0 aliphatic carbocycles. The number of carbonyl (C=O) groups excluding carboxylic acids is 4. The van der Waals surface area contributed by atoms with Crippen molar-refractivity contribution in [2.24, 2.45) is 0 Å². The number of aryl methyl sites for hydroxylation is 1. The maximum atomic E-state index is 13.4. The van der Waals surface area contributed by atoms with Crippen LogP contribution < -0.4 is 10.2 Å². The number of rotatable bonds is 4. The molecule has 3 aliphatic heterocycles. The molecule has 0 spiro atoms. The predicted molar refractivity (Wildman–Crippen MR) is 124 cm³/mol. The summed E-state index contributed by atoms with van der Waals surface area (Å²) in [5, 5.41) is 10.8. The number of nitrogens with zero attached hydrogens (tertiary/aromatic N) is 5. The number of piperidine rings is 1. The zero-order chi connectivity index (χ0) is 24.1. The molecule has 4 heterocycles. The predicted octanol–water partition coefficient (Wildman–Crippen LogP) is 1.62. The van der Waals surface area contributed by atoms with E-state index in [-0.39, 0.29) is 24.0 Å². The molecular weight excluding hydrogens is 448 g/mol. The molecule has 3 aromatic rings. The van der Waals surface area contributed by atoms with Crippen molar-refractivity contribution in [3.05, 3.63) is 71.0 Å². The summed E-state index contributed by atoms with van der Waals surface area (Å²) in [6, 6.07) is 12.2. The van der Waals surface area contributed by atoms with Crippen molar-refractivity contribution in [1.29, 1.82) is 0 Å². The highest BCUT2D eigenvalue weighted by Crippen LogP contribution is 2.32. The number of amides is 4. The first kappa shape index (κ1) is 21.2. The number of anilines is 1. The first-order valence-electron chi connectivity index (χ1n) is 11.6. The van der Waals surface area contributed by atoms with Crippen LogP contribution in [0.3, 0.4) is 0 Å². The van der Waals surface area contributed by atoms with Crippen LogP contribution in [0.2, 0.25) is 0 Å². The molecule has 0 bridgehead atoms. The summed E-state index contributed by atoms with van der Waals surface area (Å²) in [5.41, 5.74) is 4.05. The normalized spacial score (nSPS) is 19.6. The minimum absolute atomic E-state index is 0.0722. The van der Waals surface area contributed by atoms with Crippen molar-refractivity contribution in [2.45, 2.75) is 38.3 Å². The molecular formula is C25H22N6O4. The highest BCUT2D eigenvalue weighted by Gasteiger charge is 2.45. The van der Waals surface area contributed by atoms with Gasteiger partial charge in [-0.1, -0.05) is 29.5 Å². The largest absolute Gasteiger partial charge is 0.365 e.